The van der Waals surface area contributed by atoms with Gasteiger partial charge in [0.15, 0.2) is 0 Å². The molecular weight excluding hydrogens is 314 g/mol. The number of benzene rings is 1. The number of amides is 1. The van der Waals surface area contributed by atoms with E-state index in [1.165, 1.54) is 6.42 Å². The third-order valence-corrected chi connectivity index (χ3v) is 4.98. The van der Waals surface area contributed by atoms with E-state index in [2.05, 4.69) is 33.0 Å². The number of carbonyl (C=O) groups excluding carboxylic acids is 1. The maximum absolute atomic E-state index is 13.0. The van der Waals surface area contributed by atoms with Crippen LogP contribution in [0.5, 0.6) is 5.75 Å². The van der Waals surface area contributed by atoms with Crippen LogP contribution in [0.2, 0.25) is 0 Å². The molecule has 4 heteroatoms. The van der Waals surface area contributed by atoms with Crippen molar-refractivity contribution in [1.82, 2.24) is 0 Å². The van der Waals surface area contributed by atoms with Gasteiger partial charge in [0, 0.05) is 12.3 Å². The van der Waals surface area contributed by atoms with Crippen molar-refractivity contribution in [2.45, 2.75) is 77.9 Å². The van der Waals surface area contributed by atoms with Crippen LogP contribution in [0.15, 0.2) is 24.3 Å². The lowest BCUT2D eigenvalue weighted by atomic mass is 9.78. The zero-order valence-corrected chi connectivity index (χ0v) is 16.1. The molecule has 2 rings (SSSR count). The zero-order chi connectivity index (χ0) is 18.3. The first-order valence-corrected chi connectivity index (χ1v) is 9.71. The smallest absolute Gasteiger partial charge is 0.256 e. The summed E-state index contributed by atoms with van der Waals surface area (Å²) in [5.41, 5.74) is 0.110. The summed E-state index contributed by atoms with van der Waals surface area (Å²) in [6.45, 7) is 9.06. The van der Waals surface area contributed by atoms with Crippen LogP contribution in [-0.4, -0.2) is 24.2 Å². The van der Waals surface area contributed by atoms with Gasteiger partial charge in [-0.15, -0.1) is 0 Å². The van der Waals surface area contributed by atoms with Gasteiger partial charge < -0.3 is 14.8 Å². The average Bonchev–Trinajstić information content (AvgIpc) is 2.61. The van der Waals surface area contributed by atoms with Gasteiger partial charge in [0.2, 0.25) is 0 Å². The highest BCUT2D eigenvalue weighted by Crippen LogP contribution is 2.36. The van der Waals surface area contributed by atoms with Crippen LogP contribution in [0.1, 0.15) is 66.2 Å². The molecule has 1 aliphatic carbocycles. The predicted octanol–water partition coefficient (Wildman–Crippen LogP) is 5.18. The van der Waals surface area contributed by atoms with Gasteiger partial charge in [0.05, 0.1) is 6.10 Å². The average molecular weight is 347 g/mol. The summed E-state index contributed by atoms with van der Waals surface area (Å²) in [6, 6.07) is 7.61. The fourth-order valence-electron chi connectivity index (χ4n) is 3.38. The van der Waals surface area contributed by atoms with Crippen LogP contribution < -0.4 is 10.1 Å². The molecule has 140 valence electrons. The Morgan fingerprint density at radius 2 is 2.04 bits per heavy atom. The molecule has 0 saturated heterocycles. The van der Waals surface area contributed by atoms with Crippen molar-refractivity contribution >= 4 is 11.6 Å². The van der Waals surface area contributed by atoms with E-state index in [4.69, 9.17) is 9.47 Å². The van der Waals surface area contributed by atoms with Gasteiger partial charge in [-0.05, 0) is 69.2 Å². The second kappa shape index (κ2) is 9.23. The number of hydrogen-bond donors (Lipinski definition) is 1. The Morgan fingerprint density at radius 3 is 2.64 bits per heavy atom. The molecule has 4 nitrogen and oxygen atoms in total. The minimum Gasteiger partial charge on any atom is -0.491 e. The monoisotopic (exact) mass is 347 g/mol. The van der Waals surface area contributed by atoms with Gasteiger partial charge in [-0.2, -0.15) is 0 Å². The minimum atomic E-state index is -0.681. The van der Waals surface area contributed by atoms with Crippen molar-refractivity contribution in [3.05, 3.63) is 24.3 Å². The first kappa shape index (κ1) is 19.8. The minimum absolute atomic E-state index is 0.0110. The van der Waals surface area contributed by atoms with Crippen LogP contribution >= 0.6 is 0 Å². The lowest BCUT2D eigenvalue weighted by Gasteiger charge is -2.38. The maximum atomic E-state index is 13.0. The number of anilines is 1. The van der Waals surface area contributed by atoms with Crippen LogP contribution in [-0.2, 0) is 9.53 Å². The van der Waals surface area contributed by atoms with Gasteiger partial charge in [0.1, 0.15) is 11.4 Å². The van der Waals surface area contributed by atoms with Crippen molar-refractivity contribution in [3.8, 4) is 5.75 Å². The summed E-state index contributed by atoms with van der Waals surface area (Å²) >= 11 is 0. The van der Waals surface area contributed by atoms with E-state index in [9.17, 15) is 4.79 Å². The van der Waals surface area contributed by atoms with E-state index in [0.717, 1.165) is 43.5 Å². The third-order valence-electron chi connectivity index (χ3n) is 4.98. The molecule has 3 atom stereocenters. The molecule has 1 aliphatic rings. The summed E-state index contributed by atoms with van der Waals surface area (Å²) in [6.07, 6.45) is 5.90. The van der Waals surface area contributed by atoms with Crippen molar-refractivity contribution in [2.75, 3.05) is 11.9 Å². The van der Waals surface area contributed by atoms with Gasteiger partial charge >= 0.3 is 0 Å². The summed E-state index contributed by atoms with van der Waals surface area (Å²) in [5.74, 6) is 1.33. The zero-order valence-electron chi connectivity index (χ0n) is 16.1. The maximum Gasteiger partial charge on any atom is 0.256 e. The Hall–Kier alpha value is -1.55. The first-order valence-electron chi connectivity index (χ1n) is 9.71. The second-order valence-corrected chi connectivity index (χ2v) is 7.36. The number of carbonyl (C=O) groups is 1. The van der Waals surface area contributed by atoms with E-state index in [0.29, 0.717) is 12.5 Å². The largest absolute Gasteiger partial charge is 0.491 e. The highest BCUT2D eigenvalue weighted by molar-refractivity contribution is 5.97. The quantitative estimate of drug-likeness (QED) is 0.705. The fourth-order valence-corrected chi connectivity index (χ4v) is 3.38. The van der Waals surface area contributed by atoms with E-state index in [1.807, 2.05) is 24.3 Å². The molecule has 1 aromatic rings. The molecule has 0 aromatic heterocycles. The Labute approximate surface area is 152 Å². The van der Waals surface area contributed by atoms with Crippen molar-refractivity contribution in [2.24, 2.45) is 5.92 Å². The molecule has 0 aliphatic heterocycles. The fraction of sp³-hybridized carbons (Fsp3) is 0.667. The molecule has 1 amide bonds. The molecule has 0 spiro atoms. The number of rotatable bonds is 8. The Bertz CT molecular complexity index is 543. The van der Waals surface area contributed by atoms with Crippen LogP contribution in [0.4, 0.5) is 5.69 Å². The van der Waals surface area contributed by atoms with E-state index in [1.54, 1.807) is 0 Å². The van der Waals surface area contributed by atoms with Gasteiger partial charge in [-0.25, -0.2) is 0 Å². The van der Waals surface area contributed by atoms with E-state index in [-0.39, 0.29) is 12.0 Å². The Balaban J connectivity index is 2.04. The molecule has 0 unspecified atom stereocenters. The Morgan fingerprint density at radius 1 is 1.32 bits per heavy atom. The standard InChI is InChI=1S/C21H33NO3/c1-5-14-24-21(13-7-8-16(3)15-21)20(23)22-18-9-11-19(12-10-18)25-17(4)6-2/h9-12,16-17H,5-8,13-15H2,1-4H3,(H,22,23)/t16-,17-,21-/m1/s1. The molecule has 0 radical (unpaired) electrons. The molecule has 1 fully saturated rings. The molecule has 1 saturated carbocycles. The molecule has 0 bridgehead atoms. The van der Waals surface area contributed by atoms with E-state index < -0.39 is 5.60 Å². The van der Waals surface area contributed by atoms with Crippen molar-refractivity contribution in [1.29, 1.82) is 0 Å². The highest BCUT2D eigenvalue weighted by Gasteiger charge is 2.42. The molecule has 0 heterocycles. The predicted molar refractivity (Wildman–Crippen MR) is 102 cm³/mol. The number of nitrogens with one attached hydrogen (secondary N) is 1. The summed E-state index contributed by atoms with van der Waals surface area (Å²) in [5, 5.41) is 3.06. The van der Waals surface area contributed by atoms with Gasteiger partial charge in [0.25, 0.3) is 5.91 Å². The molecule has 1 aromatic carbocycles. The summed E-state index contributed by atoms with van der Waals surface area (Å²) in [4.78, 5) is 13.0. The number of ether oxygens (including phenoxy) is 2. The van der Waals surface area contributed by atoms with Gasteiger partial charge in [-0.3, -0.25) is 4.79 Å². The van der Waals surface area contributed by atoms with Crippen LogP contribution in [0.3, 0.4) is 0 Å². The normalized spacial score (nSPS) is 24.6. The lowest BCUT2D eigenvalue weighted by molar-refractivity contribution is -0.148. The van der Waals surface area contributed by atoms with Crippen LogP contribution in [0, 0.1) is 5.92 Å². The van der Waals surface area contributed by atoms with E-state index >= 15 is 0 Å². The molecule has 1 N–H and O–H groups in total. The number of hydrogen-bond acceptors (Lipinski definition) is 3. The molecule has 25 heavy (non-hydrogen) atoms. The van der Waals surface area contributed by atoms with Crippen LogP contribution in [0.25, 0.3) is 0 Å². The van der Waals surface area contributed by atoms with Crippen molar-refractivity contribution in [3.63, 3.8) is 0 Å². The topological polar surface area (TPSA) is 47.6 Å². The summed E-state index contributed by atoms with van der Waals surface area (Å²) in [7, 11) is 0. The summed E-state index contributed by atoms with van der Waals surface area (Å²) < 4.78 is 11.9. The van der Waals surface area contributed by atoms with Crippen molar-refractivity contribution < 1.29 is 14.3 Å². The third kappa shape index (κ3) is 5.46. The van der Waals surface area contributed by atoms with Gasteiger partial charge in [-0.1, -0.05) is 27.2 Å². The second-order valence-electron chi connectivity index (χ2n) is 7.36. The lowest BCUT2D eigenvalue weighted by Crippen LogP contribution is -2.48. The highest BCUT2D eigenvalue weighted by atomic mass is 16.5. The first-order chi connectivity index (χ1) is 12.0. The Kier molecular flexibility index (Phi) is 7.30. The SMILES string of the molecule is CCCO[C@]1(C(=O)Nc2ccc(O[C@H](C)CC)cc2)CCC[C@@H](C)C1. The molecular formula is C21H33NO3.